The van der Waals surface area contributed by atoms with Crippen LogP contribution in [0.25, 0.3) is 66.2 Å². The van der Waals surface area contributed by atoms with Gasteiger partial charge in [0.15, 0.2) is 0 Å². The summed E-state index contributed by atoms with van der Waals surface area (Å²) in [6, 6.07) is 63.4. The second kappa shape index (κ2) is 15.2. The Morgan fingerprint density at radius 2 is 0.706 bits per heavy atom. The lowest BCUT2D eigenvalue weighted by molar-refractivity contribution is 1.08. The van der Waals surface area contributed by atoms with Gasteiger partial charge < -0.3 is 23.8 Å². The second-order valence-electron chi connectivity index (χ2n) is 16.8. The fourth-order valence-electron chi connectivity index (χ4n) is 10.0. The molecule has 0 amide bonds. The largest absolute Gasteiger partial charge is 0.403 e. The van der Waals surface area contributed by atoms with E-state index in [0.29, 0.717) is 0 Å². The Kier molecular flexibility index (Phi) is 8.50. The maximum Gasteiger partial charge on any atom is 0.403 e. The number of hydrogen-bond donors (Lipinski definition) is 0. The molecule has 0 atom stereocenters. The van der Waals surface area contributed by atoms with Crippen LogP contribution in [0.3, 0.4) is 0 Å². The van der Waals surface area contributed by atoms with Gasteiger partial charge in [-0.15, -0.1) is 0 Å². The third-order valence-electron chi connectivity index (χ3n) is 13.0. The van der Waals surface area contributed by atoms with Crippen LogP contribution in [0, 0.1) is 0 Å². The van der Waals surface area contributed by atoms with Crippen molar-refractivity contribution in [1.82, 2.24) is 34.1 Å². The van der Waals surface area contributed by atoms with Crippen molar-refractivity contribution in [3.05, 3.63) is 213 Å². The molecule has 68 heavy (non-hydrogen) atoms. The molecule has 316 valence electrons. The molecule has 11 nitrogen and oxygen atoms in total. The van der Waals surface area contributed by atoms with Gasteiger partial charge in [-0.1, -0.05) is 72.8 Å². The van der Waals surface area contributed by atoms with E-state index in [1.54, 1.807) is 0 Å². The zero-order chi connectivity index (χ0) is 44.7. The van der Waals surface area contributed by atoms with E-state index in [9.17, 15) is 0 Å². The number of anilines is 8. The minimum absolute atomic E-state index is 0.817. The van der Waals surface area contributed by atoms with E-state index in [0.717, 1.165) is 107 Å². The molecule has 5 aromatic carbocycles. The molecule has 0 spiro atoms. The quantitative estimate of drug-likeness (QED) is 0.145. The van der Waals surface area contributed by atoms with Crippen LogP contribution >= 0.6 is 0 Å². The summed E-state index contributed by atoms with van der Waals surface area (Å²) in [6.07, 6.45) is 9.23. The maximum absolute atomic E-state index is 5.07. The molecule has 0 saturated carbocycles. The predicted octanol–water partition coefficient (Wildman–Crippen LogP) is 12.2. The molecule has 2 radical (unpaired) electrons. The fraction of sp³-hybridized carbons (Fsp3) is 0. The van der Waals surface area contributed by atoms with Crippen molar-refractivity contribution in [1.29, 1.82) is 0 Å². The van der Waals surface area contributed by atoms with Crippen LogP contribution in [0.5, 0.6) is 0 Å². The van der Waals surface area contributed by atoms with Gasteiger partial charge >= 0.3 is 15.1 Å². The molecule has 0 aliphatic carbocycles. The molecular formula is C55H35B2N11. The average molecular weight is 872 g/mol. The first-order valence-electron chi connectivity index (χ1n) is 22.5. The number of hydrogen-bond acceptors (Lipinski definition) is 9. The molecule has 14 rings (SSSR count). The highest BCUT2D eigenvalue weighted by Crippen LogP contribution is 2.49. The van der Waals surface area contributed by atoms with Crippen molar-refractivity contribution in [2.75, 3.05) is 19.2 Å². The summed E-state index contributed by atoms with van der Waals surface area (Å²) >= 11 is 0. The molecule has 0 fully saturated rings. The minimum atomic E-state index is 0.817. The Labute approximate surface area is 392 Å². The van der Waals surface area contributed by atoms with Crippen molar-refractivity contribution in [3.63, 3.8) is 0 Å². The summed E-state index contributed by atoms with van der Waals surface area (Å²) in [4.78, 5) is 32.6. The Balaban J connectivity index is 0.914. The van der Waals surface area contributed by atoms with Gasteiger partial charge in [0.05, 0.1) is 44.8 Å². The predicted molar refractivity (Wildman–Crippen MR) is 275 cm³/mol. The third kappa shape index (κ3) is 5.92. The van der Waals surface area contributed by atoms with Crippen molar-refractivity contribution < 1.29 is 0 Å². The Hall–Kier alpha value is -9.22. The number of para-hydroxylation sites is 2. The summed E-state index contributed by atoms with van der Waals surface area (Å²) in [5.41, 5.74) is 11.6. The summed E-state index contributed by atoms with van der Waals surface area (Å²) < 4.78 is 4.66. The van der Waals surface area contributed by atoms with Gasteiger partial charge in [-0.25, -0.2) is 24.9 Å². The van der Waals surface area contributed by atoms with Crippen LogP contribution in [0.4, 0.5) is 46.0 Å². The fourth-order valence-corrected chi connectivity index (χ4v) is 10.0. The highest BCUT2D eigenvalue weighted by Gasteiger charge is 2.35. The lowest BCUT2D eigenvalue weighted by atomic mass is 10.1. The molecule has 0 bridgehead atoms. The lowest BCUT2D eigenvalue weighted by Gasteiger charge is -2.18. The Morgan fingerprint density at radius 1 is 0.279 bits per heavy atom. The zero-order valence-corrected chi connectivity index (χ0v) is 36.3. The van der Waals surface area contributed by atoms with Crippen LogP contribution in [-0.2, 0) is 0 Å². The lowest BCUT2D eigenvalue weighted by Crippen LogP contribution is -2.29. The number of fused-ring (bicyclic) bond motifs is 8. The first-order chi connectivity index (χ1) is 33.7. The standard InChI is InChI=1S/C55H35B2N11/c1-3-18-43-39(16-1)41-32-47-49(67(53-22-7-11-27-60-53)56-65(47)51-20-5-9-25-58-51)34-45(41)63(43)38-15-13-14-36(30-38)37-24-29-62-55(31-37)64-44-19-4-2-17-40(44)42-33-48-50(35-46(42)64)68(54-23-8-12-28-61-54)57-66(48)52-21-6-10-26-59-52/h1-35H. The van der Waals surface area contributed by atoms with Crippen LogP contribution in [0.2, 0.25) is 0 Å². The van der Waals surface area contributed by atoms with E-state index < -0.39 is 0 Å². The molecule has 12 aromatic rings. The van der Waals surface area contributed by atoms with Crippen LogP contribution in [0.15, 0.2) is 213 Å². The van der Waals surface area contributed by atoms with Gasteiger partial charge in [0.2, 0.25) is 0 Å². The number of rotatable bonds is 7. The van der Waals surface area contributed by atoms with Crippen LogP contribution < -0.4 is 19.2 Å². The van der Waals surface area contributed by atoms with Gasteiger partial charge in [-0.05, 0) is 120 Å². The monoisotopic (exact) mass is 871 g/mol. The number of benzene rings is 5. The third-order valence-corrected chi connectivity index (χ3v) is 13.0. The topological polar surface area (TPSA) is 87.3 Å². The highest BCUT2D eigenvalue weighted by molar-refractivity contribution is 6.56. The molecule has 0 saturated heterocycles. The van der Waals surface area contributed by atoms with E-state index >= 15 is 0 Å². The molecule has 13 heteroatoms. The molecule has 2 aliphatic rings. The van der Waals surface area contributed by atoms with Crippen molar-refractivity contribution in [2.24, 2.45) is 0 Å². The normalized spacial score (nSPS) is 13.1. The smallest absolute Gasteiger partial charge is 0.351 e. The first-order valence-corrected chi connectivity index (χ1v) is 22.5. The second-order valence-corrected chi connectivity index (χ2v) is 16.8. The van der Waals surface area contributed by atoms with Crippen molar-refractivity contribution in [2.45, 2.75) is 0 Å². The molecule has 0 N–H and O–H groups in total. The number of aromatic nitrogens is 7. The van der Waals surface area contributed by atoms with E-state index in [2.05, 4.69) is 153 Å². The van der Waals surface area contributed by atoms with Gasteiger partial charge in [-0.3, -0.25) is 4.57 Å². The summed E-state index contributed by atoms with van der Waals surface area (Å²) in [5.74, 6) is 4.13. The molecule has 0 unspecified atom stereocenters. The highest BCUT2D eigenvalue weighted by atomic mass is 15.3. The van der Waals surface area contributed by atoms with Crippen LogP contribution in [-0.4, -0.2) is 49.2 Å². The molecule has 7 aromatic heterocycles. The van der Waals surface area contributed by atoms with Crippen LogP contribution in [0.1, 0.15) is 0 Å². The SMILES string of the molecule is [B]1N(c2ccccn2)c2cc3c4ccccc4n(-c4cccc(-c5ccnc(-n6c7ccccc7c7cc8c(cc76)N(c6ccccn6)[B]N8c6ccccn6)c5)c4)c3cc2N1c1ccccn1. The average Bonchev–Trinajstić information content (AvgIpc) is 4.16. The van der Waals surface area contributed by atoms with Crippen molar-refractivity contribution >= 4 is 105 Å². The maximum atomic E-state index is 5.07. The van der Waals surface area contributed by atoms with E-state index in [-0.39, 0.29) is 0 Å². The van der Waals surface area contributed by atoms with Crippen molar-refractivity contribution in [3.8, 4) is 22.6 Å². The molecule has 2 aliphatic heterocycles. The Morgan fingerprint density at radius 3 is 1.21 bits per heavy atom. The Bertz CT molecular complexity index is 3650. The van der Waals surface area contributed by atoms with Gasteiger partial charge in [-0.2, -0.15) is 0 Å². The number of pyridine rings is 5. The van der Waals surface area contributed by atoms with E-state index in [4.69, 9.17) is 24.9 Å². The van der Waals surface area contributed by atoms with E-state index in [1.807, 2.05) is 104 Å². The summed E-state index contributed by atoms with van der Waals surface area (Å²) in [5, 5.41) is 4.57. The van der Waals surface area contributed by atoms with Gasteiger partial charge in [0, 0.05) is 58.2 Å². The minimum Gasteiger partial charge on any atom is -0.351 e. The summed E-state index contributed by atoms with van der Waals surface area (Å²) in [6.45, 7) is 0. The van der Waals surface area contributed by atoms with Gasteiger partial charge in [0.25, 0.3) is 0 Å². The van der Waals surface area contributed by atoms with Gasteiger partial charge in [0.1, 0.15) is 29.1 Å². The first kappa shape index (κ1) is 38.1. The molecule has 9 heterocycles. The zero-order valence-electron chi connectivity index (χ0n) is 36.3. The summed E-state index contributed by atoms with van der Waals surface area (Å²) in [7, 11) is 4.15. The van der Waals surface area contributed by atoms with E-state index in [1.165, 1.54) is 5.39 Å². The number of nitrogens with zero attached hydrogens (tertiary/aromatic N) is 11. The molecular weight excluding hydrogens is 836 g/mol.